The lowest BCUT2D eigenvalue weighted by atomic mass is 9.57. The number of hydrogen-bond acceptors (Lipinski definition) is 8. The summed E-state index contributed by atoms with van der Waals surface area (Å²) in [5.74, 6) is -5.95. The van der Waals surface area contributed by atoms with E-state index >= 15 is 4.39 Å². The van der Waals surface area contributed by atoms with Crippen LogP contribution in [0.25, 0.3) is 5.76 Å². The molecule has 4 atom stereocenters. The molecule has 0 aliphatic heterocycles. The summed E-state index contributed by atoms with van der Waals surface area (Å²) in [5.41, 5.74) is 1.88. The molecule has 206 valence electrons. The van der Waals surface area contributed by atoms with E-state index in [1.807, 2.05) is 0 Å². The Bertz CT molecular complexity index is 1310. The van der Waals surface area contributed by atoms with Crippen LogP contribution in [0.3, 0.4) is 0 Å². The number of likely N-dealkylation sites (N-methyl/N-ethyl adjacent to an activating group) is 1. The minimum absolute atomic E-state index is 0.00991. The number of aliphatic hydroxyl groups excluding tert-OH is 2. The van der Waals surface area contributed by atoms with Gasteiger partial charge in [-0.15, -0.1) is 0 Å². The number of rotatable bonds is 4. The van der Waals surface area contributed by atoms with E-state index in [2.05, 4.69) is 5.32 Å². The van der Waals surface area contributed by atoms with Gasteiger partial charge < -0.3 is 31.5 Å². The monoisotopic (exact) mass is 531 g/mol. The molecular formula is C27H34FN3O7. The van der Waals surface area contributed by atoms with Crippen LogP contribution in [0.5, 0.6) is 5.75 Å². The fraction of sp³-hybridized carbons (Fsp3) is 0.519. The zero-order valence-electron chi connectivity index (χ0n) is 22.1. The van der Waals surface area contributed by atoms with Crippen LogP contribution in [-0.4, -0.2) is 68.7 Å². The number of nitrogens with one attached hydrogen (secondary N) is 1. The number of hydrogen-bond donors (Lipinski definition) is 6. The summed E-state index contributed by atoms with van der Waals surface area (Å²) < 4.78 is 15.7. The van der Waals surface area contributed by atoms with Crippen molar-refractivity contribution in [3.63, 3.8) is 0 Å². The van der Waals surface area contributed by atoms with Crippen LogP contribution in [0.15, 0.2) is 23.0 Å². The number of nitrogens with two attached hydrogens (primary N) is 1. The quantitative estimate of drug-likeness (QED) is 0.340. The van der Waals surface area contributed by atoms with Crippen LogP contribution in [0.2, 0.25) is 0 Å². The third-order valence-electron chi connectivity index (χ3n) is 7.95. The van der Waals surface area contributed by atoms with Gasteiger partial charge in [0.15, 0.2) is 5.78 Å². The van der Waals surface area contributed by atoms with Crippen molar-refractivity contribution >= 4 is 23.4 Å². The first-order valence-corrected chi connectivity index (χ1v) is 12.4. The minimum atomic E-state index is -2.16. The van der Waals surface area contributed by atoms with Gasteiger partial charge in [0.25, 0.3) is 0 Å². The van der Waals surface area contributed by atoms with Gasteiger partial charge in [-0.3, -0.25) is 19.3 Å². The summed E-state index contributed by atoms with van der Waals surface area (Å²) in [4.78, 5) is 39.6. The molecule has 3 aliphatic carbocycles. The summed E-state index contributed by atoms with van der Waals surface area (Å²) in [7, 11) is 3.23. The number of carbonyl (C=O) groups excluding carboxylic acids is 3. The molecule has 2 amide bonds. The third-order valence-corrected chi connectivity index (χ3v) is 7.95. The van der Waals surface area contributed by atoms with Crippen molar-refractivity contribution in [2.45, 2.75) is 58.2 Å². The van der Waals surface area contributed by atoms with E-state index in [4.69, 9.17) is 5.73 Å². The average molecular weight is 532 g/mol. The number of aliphatic hydroxyl groups is 3. The first-order valence-electron chi connectivity index (χ1n) is 12.4. The number of phenols is 1. The molecule has 1 aromatic carbocycles. The molecule has 0 spiro atoms. The molecular weight excluding hydrogens is 497 g/mol. The van der Waals surface area contributed by atoms with Gasteiger partial charge in [0.2, 0.25) is 11.8 Å². The number of nitrogens with zero attached hydrogens (tertiary/aromatic N) is 1. The Morgan fingerprint density at radius 3 is 2.42 bits per heavy atom. The van der Waals surface area contributed by atoms with E-state index in [9.17, 15) is 34.8 Å². The summed E-state index contributed by atoms with van der Waals surface area (Å²) in [6, 6.07) is 0.163. The Kier molecular flexibility index (Phi) is 6.60. The van der Waals surface area contributed by atoms with Crippen LogP contribution in [-0.2, 0) is 27.3 Å². The third kappa shape index (κ3) is 4.14. The van der Waals surface area contributed by atoms with Gasteiger partial charge in [0, 0.05) is 41.0 Å². The van der Waals surface area contributed by atoms with Crippen molar-refractivity contribution in [3.8, 4) is 5.75 Å². The van der Waals surface area contributed by atoms with E-state index in [0.717, 1.165) is 6.07 Å². The topological polar surface area (TPSA) is 173 Å². The van der Waals surface area contributed by atoms with Gasteiger partial charge in [0.05, 0.1) is 17.2 Å². The van der Waals surface area contributed by atoms with Gasteiger partial charge in [-0.2, -0.15) is 0 Å². The van der Waals surface area contributed by atoms with E-state index in [1.54, 1.807) is 39.8 Å². The van der Waals surface area contributed by atoms with E-state index in [1.165, 1.54) is 0 Å². The summed E-state index contributed by atoms with van der Waals surface area (Å²) in [6.45, 7) is 4.93. The molecule has 3 aliphatic rings. The fourth-order valence-electron chi connectivity index (χ4n) is 6.01. The zero-order valence-corrected chi connectivity index (χ0v) is 22.1. The predicted molar refractivity (Wildman–Crippen MR) is 135 cm³/mol. The largest absolute Gasteiger partial charge is 0.510 e. The molecule has 38 heavy (non-hydrogen) atoms. The molecule has 11 heteroatoms. The molecule has 7 N–H and O–H groups in total. The van der Waals surface area contributed by atoms with Crippen molar-refractivity contribution in [1.29, 1.82) is 0 Å². The second-order valence-electron chi connectivity index (χ2n) is 11.7. The molecule has 1 saturated carbocycles. The van der Waals surface area contributed by atoms with Crippen LogP contribution < -0.4 is 11.1 Å². The standard InChI is InChI=1S/C27H34FN3O7/c1-26(2,3)25(37)30-10-12-8-16(32)18-13(19(12)28)6-11-7-15-20(31(4)5)21(33)14(24(29)36)9-27(15,38)23(35)17(11)22(18)34/h8,11,15,20,32-34,38H,6-7,9-10H2,1-5H3,(H2,29,36)(H,30,37)/t11-,15-,20-,27-/m0/s1. The Balaban J connectivity index is 1.79. The summed E-state index contributed by atoms with van der Waals surface area (Å²) in [6.07, 6.45) is -0.531. The van der Waals surface area contributed by atoms with E-state index in [-0.39, 0.29) is 58.9 Å². The van der Waals surface area contributed by atoms with Crippen LogP contribution in [0.4, 0.5) is 4.39 Å². The number of benzene rings is 1. The number of aromatic hydroxyl groups is 1. The molecule has 0 heterocycles. The number of phenolic OH excluding ortho intramolecular Hbond substituents is 1. The molecule has 0 unspecified atom stereocenters. The molecule has 1 fully saturated rings. The number of fused-ring (bicyclic) bond motifs is 3. The van der Waals surface area contributed by atoms with Crippen LogP contribution in [0.1, 0.15) is 50.3 Å². The number of amides is 2. The second-order valence-corrected chi connectivity index (χ2v) is 11.7. The SMILES string of the molecule is CN(C)[C@@H]1C(O)=C(C(N)=O)C[C@@]2(O)C(=O)C3=C(O)c4c(O)cc(CNC(=O)C(C)(C)C)c(F)c4C[C@H]3C[C@@H]12. The van der Waals surface area contributed by atoms with Gasteiger partial charge in [-0.1, -0.05) is 20.8 Å². The summed E-state index contributed by atoms with van der Waals surface area (Å²) in [5, 5.41) is 47.0. The maximum Gasteiger partial charge on any atom is 0.248 e. The predicted octanol–water partition coefficient (Wildman–Crippen LogP) is 1.59. The van der Waals surface area contributed by atoms with Crippen molar-refractivity contribution in [2.24, 2.45) is 23.0 Å². The van der Waals surface area contributed by atoms with Gasteiger partial charge >= 0.3 is 0 Å². The van der Waals surface area contributed by atoms with Gasteiger partial charge in [0.1, 0.15) is 28.7 Å². The van der Waals surface area contributed by atoms with Gasteiger partial charge in [-0.05, 0) is 38.9 Å². The van der Waals surface area contributed by atoms with Crippen molar-refractivity contribution in [2.75, 3.05) is 14.1 Å². The lowest BCUT2D eigenvalue weighted by Crippen LogP contribution is -2.62. The Hall–Kier alpha value is -3.44. The van der Waals surface area contributed by atoms with E-state index in [0.29, 0.717) is 0 Å². The minimum Gasteiger partial charge on any atom is -0.510 e. The van der Waals surface area contributed by atoms with Gasteiger partial charge in [-0.25, -0.2) is 4.39 Å². The molecule has 0 aromatic heterocycles. The van der Waals surface area contributed by atoms with Crippen LogP contribution >= 0.6 is 0 Å². The van der Waals surface area contributed by atoms with E-state index < -0.39 is 64.3 Å². The maximum atomic E-state index is 15.7. The lowest BCUT2D eigenvalue weighted by molar-refractivity contribution is -0.151. The van der Waals surface area contributed by atoms with Crippen molar-refractivity contribution in [1.82, 2.24) is 10.2 Å². The number of carbonyl (C=O) groups is 3. The zero-order chi connectivity index (χ0) is 28.5. The molecule has 0 radical (unpaired) electrons. The molecule has 10 nitrogen and oxygen atoms in total. The first-order chi connectivity index (χ1) is 17.5. The van der Waals surface area contributed by atoms with Crippen molar-refractivity contribution in [3.05, 3.63) is 45.5 Å². The second kappa shape index (κ2) is 9.09. The Morgan fingerprint density at radius 2 is 1.87 bits per heavy atom. The Labute approximate surface area is 219 Å². The highest BCUT2D eigenvalue weighted by atomic mass is 19.1. The highest BCUT2D eigenvalue weighted by molar-refractivity contribution is 6.10. The normalized spacial score (nSPS) is 27.2. The molecule has 0 saturated heterocycles. The maximum absolute atomic E-state index is 15.7. The molecule has 1 aromatic rings. The van der Waals surface area contributed by atoms with Crippen LogP contribution in [0, 0.1) is 23.1 Å². The molecule has 0 bridgehead atoms. The van der Waals surface area contributed by atoms with Crippen molar-refractivity contribution < 1.29 is 39.2 Å². The number of primary amides is 1. The fourth-order valence-corrected chi connectivity index (χ4v) is 6.01. The number of halogens is 1. The highest BCUT2D eigenvalue weighted by Gasteiger charge is 2.60. The molecule has 4 rings (SSSR count). The average Bonchev–Trinajstić information content (AvgIpc) is 2.80. The first kappa shape index (κ1) is 27.6. The Morgan fingerprint density at radius 1 is 1.24 bits per heavy atom. The number of Topliss-reactive ketones (excluding diaryl/α,β-unsaturated/α-hetero) is 1. The number of ketones is 1. The highest BCUT2D eigenvalue weighted by Crippen LogP contribution is 2.53. The smallest absolute Gasteiger partial charge is 0.248 e. The lowest BCUT2D eigenvalue weighted by Gasteiger charge is -2.51. The summed E-state index contributed by atoms with van der Waals surface area (Å²) >= 11 is 0.